The van der Waals surface area contributed by atoms with Crippen molar-refractivity contribution in [2.75, 3.05) is 20.2 Å². The monoisotopic (exact) mass is 480 g/mol. The van der Waals surface area contributed by atoms with E-state index in [0.29, 0.717) is 41.5 Å². The van der Waals surface area contributed by atoms with Crippen molar-refractivity contribution in [2.45, 2.75) is 22.6 Å². The van der Waals surface area contributed by atoms with E-state index in [1.54, 1.807) is 23.6 Å². The summed E-state index contributed by atoms with van der Waals surface area (Å²) in [4.78, 5) is 27.3. The van der Waals surface area contributed by atoms with Crippen LogP contribution in [0.3, 0.4) is 0 Å². The Bertz CT molecular complexity index is 991. The molecule has 1 fully saturated rings. The van der Waals surface area contributed by atoms with Gasteiger partial charge in [0, 0.05) is 30.0 Å². The summed E-state index contributed by atoms with van der Waals surface area (Å²) in [6, 6.07) is 11.3. The molecule has 0 radical (unpaired) electrons. The topological polar surface area (TPSA) is 78.9 Å². The van der Waals surface area contributed by atoms with E-state index in [1.807, 2.05) is 36.4 Å². The summed E-state index contributed by atoms with van der Waals surface area (Å²) in [5, 5.41) is 9.50. The summed E-state index contributed by atoms with van der Waals surface area (Å²) >= 11 is 14.4. The van der Waals surface area contributed by atoms with Crippen LogP contribution in [0, 0.1) is 5.92 Å². The van der Waals surface area contributed by atoms with Crippen molar-refractivity contribution >= 4 is 52.9 Å². The Morgan fingerprint density at radius 3 is 2.52 bits per heavy atom. The quantitative estimate of drug-likeness (QED) is 0.348. The van der Waals surface area contributed by atoms with E-state index >= 15 is 0 Å². The lowest BCUT2D eigenvalue weighted by Gasteiger charge is -2.30. The molecule has 0 aromatic heterocycles. The van der Waals surface area contributed by atoms with Gasteiger partial charge < -0.3 is 9.64 Å². The van der Waals surface area contributed by atoms with Crippen LogP contribution in [0.2, 0.25) is 10.0 Å². The van der Waals surface area contributed by atoms with Crippen molar-refractivity contribution < 1.29 is 19.5 Å². The number of amides is 2. The number of carbonyl (C=O) groups is 2. The predicted octanol–water partition coefficient (Wildman–Crippen LogP) is 4.91. The van der Waals surface area contributed by atoms with Crippen molar-refractivity contribution in [2.24, 2.45) is 5.92 Å². The zero-order chi connectivity index (χ0) is 22.4. The summed E-state index contributed by atoms with van der Waals surface area (Å²) in [5.74, 6) is -0.105. The Kier molecular flexibility index (Phi) is 8.26. The Morgan fingerprint density at radius 2 is 1.84 bits per heavy atom. The van der Waals surface area contributed by atoms with Gasteiger partial charge in [0.1, 0.15) is 5.75 Å². The highest BCUT2D eigenvalue weighted by Gasteiger charge is 2.26. The second kappa shape index (κ2) is 10.9. The van der Waals surface area contributed by atoms with Crippen molar-refractivity contribution in [3.8, 4) is 5.75 Å². The molecule has 1 saturated heterocycles. The number of nitrogens with zero attached hydrogens (tertiary/aromatic N) is 1. The number of hydrogen-bond donors (Lipinski definition) is 2. The fourth-order valence-electron chi connectivity index (χ4n) is 3.30. The van der Waals surface area contributed by atoms with Crippen molar-refractivity contribution in [3.05, 3.63) is 58.1 Å². The average molecular weight is 481 g/mol. The minimum atomic E-state index is -0.407. The molecule has 1 aliphatic rings. The Morgan fingerprint density at radius 1 is 1.13 bits per heavy atom. The molecule has 6 nitrogen and oxygen atoms in total. The molecule has 2 aromatic rings. The lowest BCUT2D eigenvalue weighted by atomic mass is 9.96. The van der Waals surface area contributed by atoms with Gasteiger partial charge >= 0.3 is 0 Å². The van der Waals surface area contributed by atoms with Crippen LogP contribution in [0.25, 0.3) is 6.08 Å². The Labute approximate surface area is 195 Å². The number of methoxy groups -OCH3 is 1. The van der Waals surface area contributed by atoms with Crippen LogP contribution in [-0.2, 0) is 9.59 Å². The summed E-state index contributed by atoms with van der Waals surface area (Å²) in [5.41, 5.74) is 2.31. The van der Waals surface area contributed by atoms with E-state index < -0.39 is 5.91 Å². The number of hydroxylamine groups is 1. The fourth-order valence-corrected chi connectivity index (χ4v) is 4.83. The van der Waals surface area contributed by atoms with E-state index in [-0.39, 0.29) is 11.8 Å². The molecule has 1 aliphatic heterocycles. The summed E-state index contributed by atoms with van der Waals surface area (Å²) < 4.78 is 5.38. The number of piperidine rings is 1. The zero-order valence-corrected chi connectivity index (χ0v) is 19.1. The van der Waals surface area contributed by atoms with Crippen LogP contribution in [0.1, 0.15) is 18.4 Å². The molecule has 0 atom stereocenters. The van der Waals surface area contributed by atoms with Crippen molar-refractivity contribution in [1.82, 2.24) is 10.4 Å². The number of ether oxygens (including phenoxy) is 1. The third kappa shape index (κ3) is 5.74. The maximum absolute atomic E-state index is 12.5. The molecule has 1 heterocycles. The first kappa shape index (κ1) is 23.5. The van der Waals surface area contributed by atoms with Gasteiger partial charge in [0.05, 0.1) is 22.1 Å². The SMILES string of the molecule is COc1ccccc1Sc1ccc(/C=C/C(=O)N2CCC(C(=O)NO)CC2)c(Cl)c1Cl. The first-order chi connectivity index (χ1) is 14.9. The van der Waals surface area contributed by atoms with Gasteiger partial charge in [-0.1, -0.05) is 53.2 Å². The predicted molar refractivity (Wildman–Crippen MR) is 122 cm³/mol. The highest BCUT2D eigenvalue weighted by atomic mass is 35.5. The van der Waals surface area contributed by atoms with Crippen LogP contribution in [-0.4, -0.2) is 42.1 Å². The summed E-state index contributed by atoms with van der Waals surface area (Å²) in [6.45, 7) is 0.897. The number of rotatable bonds is 6. The van der Waals surface area contributed by atoms with Crippen LogP contribution < -0.4 is 10.2 Å². The third-order valence-electron chi connectivity index (χ3n) is 5.06. The lowest BCUT2D eigenvalue weighted by Crippen LogP contribution is -2.41. The maximum atomic E-state index is 12.5. The molecule has 0 bridgehead atoms. The van der Waals surface area contributed by atoms with Crippen LogP contribution in [0.15, 0.2) is 52.3 Å². The molecule has 3 rings (SSSR count). The molecule has 31 heavy (non-hydrogen) atoms. The van der Waals surface area contributed by atoms with Crippen LogP contribution in [0.5, 0.6) is 5.75 Å². The highest BCUT2D eigenvalue weighted by Crippen LogP contribution is 2.42. The van der Waals surface area contributed by atoms with Gasteiger partial charge in [-0.05, 0) is 42.7 Å². The van der Waals surface area contributed by atoms with Crippen LogP contribution in [0.4, 0.5) is 0 Å². The number of likely N-dealkylation sites (tertiary alicyclic amines) is 1. The largest absolute Gasteiger partial charge is 0.496 e. The molecule has 0 unspecified atom stereocenters. The summed E-state index contributed by atoms with van der Waals surface area (Å²) in [7, 11) is 1.61. The molecule has 0 aliphatic carbocycles. The number of benzene rings is 2. The normalized spacial score (nSPS) is 14.6. The fraction of sp³-hybridized carbons (Fsp3) is 0.273. The third-order valence-corrected chi connectivity index (χ3v) is 7.18. The second-order valence-corrected chi connectivity index (χ2v) is 8.78. The molecule has 2 N–H and O–H groups in total. The van der Waals surface area contributed by atoms with E-state index in [4.69, 9.17) is 33.1 Å². The van der Waals surface area contributed by atoms with E-state index in [0.717, 1.165) is 15.5 Å². The first-order valence-corrected chi connectivity index (χ1v) is 11.2. The molecule has 9 heteroatoms. The first-order valence-electron chi connectivity index (χ1n) is 9.64. The molecular weight excluding hydrogens is 459 g/mol. The van der Waals surface area contributed by atoms with Gasteiger partial charge in [0.15, 0.2) is 0 Å². The Hall–Kier alpha value is -2.19. The van der Waals surface area contributed by atoms with Crippen molar-refractivity contribution in [3.63, 3.8) is 0 Å². The van der Waals surface area contributed by atoms with E-state index in [1.165, 1.54) is 17.8 Å². The maximum Gasteiger partial charge on any atom is 0.246 e. The minimum Gasteiger partial charge on any atom is -0.496 e. The molecule has 164 valence electrons. The van der Waals surface area contributed by atoms with Gasteiger partial charge in [-0.25, -0.2) is 5.48 Å². The number of hydrogen-bond acceptors (Lipinski definition) is 5. The van der Waals surface area contributed by atoms with Crippen LogP contribution >= 0.6 is 35.0 Å². The van der Waals surface area contributed by atoms with Gasteiger partial charge in [-0.15, -0.1) is 0 Å². The molecule has 2 amide bonds. The van der Waals surface area contributed by atoms with E-state index in [2.05, 4.69) is 0 Å². The highest BCUT2D eigenvalue weighted by molar-refractivity contribution is 7.99. The molecular formula is C22H22Cl2N2O4S. The van der Waals surface area contributed by atoms with Crippen molar-refractivity contribution in [1.29, 1.82) is 0 Å². The molecule has 2 aromatic carbocycles. The standard InChI is InChI=1S/C22H22Cl2N2O4S/c1-30-16-4-2-3-5-17(16)31-18-8-6-14(20(23)21(18)24)7-9-19(27)26-12-10-15(11-13-26)22(28)25-29/h2-9,15,29H,10-13H2,1H3,(H,25,28)/b9-7+. The summed E-state index contributed by atoms with van der Waals surface area (Å²) in [6.07, 6.45) is 4.11. The van der Waals surface area contributed by atoms with E-state index in [9.17, 15) is 9.59 Å². The smallest absolute Gasteiger partial charge is 0.246 e. The van der Waals surface area contributed by atoms with Gasteiger partial charge in [0.25, 0.3) is 0 Å². The molecule has 0 spiro atoms. The van der Waals surface area contributed by atoms with Gasteiger partial charge in [0.2, 0.25) is 11.8 Å². The minimum absolute atomic E-state index is 0.164. The van der Waals surface area contributed by atoms with Gasteiger partial charge in [-0.2, -0.15) is 0 Å². The Balaban J connectivity index is 1.67. The zero-order valence-electron chi connectivity index (χ0n) is 16.8. The number of carbonyl (C=O) groups excluding carboxylic acids is 2. The van der Waals surface area contributed by atoms with Gasteiger partial charge in [-0.3, -0.25) is 14.8 Å². The average Bonchev–Trinajstić information content (AvgIpc) is 2.81. The number of nitrogens with one attached hydrogen (secondary N) is 1. The number of halogens is 2. The lowest BCUT2D eigenvalue weighted by molar-refractivity contribution is -0.137. The second-order valence-electron chi connectivity index (χ2n) is 6.94. The number of para-hydroxylation sites is 1. The molecule has 0 saturated carbocycles.